The summed E-state index contributed by atoms with van der Waals surface area (Å²) in [5.74, 6) is 0.375. The molecule has 0 aromatic heterocycles. The van der Waals surface area contributed by atoms with Gasteiger partial charge >= 0.3 is 0 Å². The zero-order chi connectivity index (χ0) is 19.5. The molecular weight excluding hydrogens is 479 g/mol. The molecule has 2 N–H and O–H groups in total. The molecule has 0 aliphatic heterocycles. The molecule has 2 rings (SSSR count). The van der Waals surface area contributed by atoms with E-state index in [1.807, 2.05) is 31.2 Å². The molecule has 0 radical (unpaired) electrons. The first kappa shape index (κ1) is 24.1. The van der Waals surface area contributed by atoms with Gasteiger partial charge in [0.25, 0.3) is 0 Å². The number of methoxy groups -OCH3 is 1. The molecule has 28 heavy (non-hydrogen) atoms. The van der Waals surface area contributed by atoms with Crippen LogP contribution in [0.25, 0.3) is 0 Å². The van der Waals surface area contributed by atoms with E-state index in [0.717, 1.165) is 23.4 Å². The molecule has 0 unspecified atom stereocenters. The van der Waals surface area contributed by atoms with Gasteiger partial charge in [0.15, 0.2) is 5.96 Å². The van der Waals surface area contributed by atoms with Crippen molar-refractivity contribution in [1.29, 1.82) is 0 Å². The largest absolute Gasteiger partial charge is 0.491 e. The highest BCUT2D eigenvalue weighted by Gasteiger charge is 2.05. The first-order chi connectivity index (χ1) is 13.1. The van der Waals surface area contributed by atoms with E-state index >= 15 is 0 Å². The fraction of sp³-hybridized carbons (Fsp3) is 0.350. The number of hydrogen-bond acceptors (Lipinski definition) is 3. The number of aliphatic imine (C=N–C) groups is 1. The van der Waals surface area contributed by atoms with Gasteiger partial charge in [-0.15, -0.1) is 24.0 Å². The van der Waals surface area contributed by atoms with Crippen molar-refractivity contribution < 1.29 is 18.3 Å². The van der Waals surface area contributed by atoms with E-state index in [1.165, 1.54) is 6.07 Å². The van der Waals surface area contributed by atoms with E-state index in [0.29, 0.717) is 32.3 Å². The van der Waals surface area contributed by atoms with Crippen LogP contribution in [0.2, 0.25) is 0 Å². The lowest BCUT2D eigenvalue weighted by molar-refractivity contribution is 0.146. The summed E-state index contributed by atoms with van der Waals surface area (Å²) in [6.45, 7) is 4.21. The van der Waals surface area contributed by atoms with Crippen molar-refractivity contribution in [1.82, 2.24) is 10.6 Å². The highest BCUT2D eigenvalue weighted by atomic mass is 127. The van der Waals surface area contributed by atoms with Crippen LogP contribution >= 0.6 is 24.0 Å². The fourth-order valence-electron chi connectivity index (χ4n) is 2.30. The number of ether oxygens (including phenoxy) is 2. The van der Waals surface area contributed by atoms with Crippen molar-refractivity contribution in [3.8, 4) is 5.75 Å². The van der Waals surface area contributed by atoms with Crippen LogP contribution in [-0.4, -0.2) is 32.8 Å². The monoisotopic (exact) mass is 505 g/mol. The van der Waals surface area contributed by atoms with Crippen LogP contribution in [0.3, 0.4) is 0 Å². The summed E-state index contributed by atoms with van der Waals surface area (Å²) in [5.41, 5.74) is 1.25. The average molecular weight is 505 g/mol. The predicted molar refractivity (Wildman–Crippen MR) is 117 cm³/mol. The first-order valence-corrected chi connectivity index (χ1v) is 8.79. The van der Waals surface area contributed by atoms with Crippen molar-refractivity contribution in [2.75, 3.05) is 26.9 Å². The lowest BCUT2D eigenvalue weighted by Crippen LogP contribution is -2.37. The van der Waals surface area contributed by atoms with Crippen LogP contribution < -0.4 is 15.4 Å². The van der Waals surface area contributed by atoms with E-state index in [-0.39, 0.29) is 36.1 Å². The van der Waals surface area contributed by atoms with Crippen LogP contribution in [0.4, 0.5) is 8.78 Å². The highest BCUT2D eigenvalue weighted by molar-refractivity contribution is 14.0. The number of guanidine groups is 1. The van der Waals surface area contributed by atoms with Gasteiger partial charge < -0.3 is 20.1 Å². The Morgan fingerprint density at radius 1 is 1.04 bits per heavy atom. The molecule has 0 amide bonds. The zero-order valence-electron chi connectivity index (χ0n) is 16.0. The molecule has 2 aromatic carbocycles. The van der Waals surface area contributed by atoms with Gasteiger partial charge in [-0.3, -0.25) is 0 Å². The van der Waals surface area contributed by atoms with Gasteiger partial charge in [-0.2, -0.15) is 0 Å². The van der Waals surface area contributed by atoms with Gasteiger partial charge in [0.1, 0.15) is 24.0 Å². The lowest BCUT2D eigenvalue weighted by Gasteiger charge is -2.12. The summed E-state index contributed by atoms with van der Waals surface area (Å²) >= 11 is 0. The second kappa shape index (κ2) is 13.3. The van der Waals surface area contributed by atoms with Gasteiger partial charge in [0, 0.05) is 25.8 Å². The number of benzene rings is 2. The van der Waals surface area contributed by atoms with Crippen molar-refractivity contribution in [3.63, 3.8) is 0 Å². The molecule has 0 saturated heterocycles. The molecule has 0 saturated carbocycles. The number of halogens is 3. The molecule has 0 fully saturated rings. The van der Waals surface area contributed by atoms with Crippen molar-refractivity contribution in [2.24, 2.45) is 4.99 Å². The molecule has 0 atom stereocenters. The lowest BCUT2D eigenvalue weighted by atomic mass is 10.2. The van der Waals surface area contributed by atoms with E-state index in [9.17, 15) is 8.78 Å². The number of hydrogen-bond donors (Lipinski definition) is 2. The molecule has 154 valence electrons. The molecule has 0 aliphatic carbocycles. The summed E-state index contributed by atoms with van der Waals surface area (Å²) in [6, 6.07) is 11.0. The molecule has 0 bridgehead atoms. The van der Waals surface area contributed by atoms with Gasteiger partial charge in [-0.05, 0) is 42.8 Å². The number of nitrogens with one attached hydrogen (secondary N) is 2. The number of nitrogens with zero attached hydrogens (tertiary/aromatic N) is 1. The van der Waals surface area contributed by atoms with E-state index in [2.05, 4.69) is 15.6 Å². The molecule has 0 aliphatic rings. The third-order valence-electron chi connectivity index (χ3n) is 3.70. The SMILES string of the molecule is CCNC(=NCc1ccc(OCCOC)cc1)NCc1cc(F)ccc1F.I. The predicted octanol–water partition coefficient (Wildman–Crippen LogP) is 3.86. The van der Waals surface area contributed by atoms with E-state index in [1.54, 1.807) is 7.11 Å². The maximum absolute atomic E-state index is 13.7. The Balaban J connectivity index is 0.00000392. The van der Waals surface area contributed by atoms with Gasteiger partial charge in [0.05, 0.1) is 13.2 Å². The van der Waals surface area contributed by atoms with Crippen LogP contribution in [0.15, 0.2) is 47.5 Å². The molecule has 8 heteroatoms. The maximum Gasteiger partial charge on any atom is 0.191 e. The Labute approximate surface area is 181 Å². The van der Waals surface area contributed by atoms with Crippen LogP contribution in [0, 0.1) is 11.6 Å². The van der Waals surface area contributed by atoms with Crippen molar-refractivity contribution >= 4 is 29.9 Å². The van der Waals surface area contributed by atoms with Crippen LogP contribution in [0.5, 0.6) is 5.75 Å². The maximum atomic E-state index is 13.7. The summed E-state index contributed by atoms with van der Waals surface area (Å²) in [7, 11) is 1.63. The Morgan fingerprint density at radius 2 is 1.79 bits per heavy atom. The van der Waals surface area contributed by atoms with E-state index < -0.39 is 11.6 Å². The van der Waals surface area contributed by atoms with Crippen molar-refractivity contribution in [3.05, 3.63) is 65.2 Å². The number of rotatable bonds is 9. The smallest absolute Gasteiger partial charge is 0.191 e. The van der Waals surface area contributed by atoms with Crippen LogP contribution in [-0.2, 0) is 17.8 Å². The summed E-state index contributed by atoms with van der Waals surface area (Å²) in [6.07, 6.45) is 0. The van der Waals surface area contributed by atoms with Crippen LogP contribution in [0.1, 0.15) is 18.1 Å². The highest BCUT2D eigenvalue weighted by Crippen LogP contribution is 2.13. The van der Waals surface area contributed by atoms with Gasteiger partial charge in [0.2, 0.25) is 0 Å². The topological polar surface area (TPSA) is 54.9 Å². The molecule has 0 heterocycles. The molecule has 0 spiro atoms. The molecule has 2 aromatic rings. The Bertz CT molecular complexity index is 743. The summed E-state index contributed by atoms with van der Waals surface area (Å²) in [5, 5.41) is 6.10. The molecule has 5 nitrogen and oxygen atoms in total. The minimum atomic E-state index is -0.469. The Morgan fingerprint density at radius 3 is 2.46 bits per heavy atom. The zero-order valence-corrected chi connectivity index (χ0v) is 18.3. The summed E-state index contributed by atoms with van der Waals surface area (Å²) < 4.78 is 37.4. The van der Waals surface area contributed by atoms with Gasteiger partial charge in [-0.25, -0.2) is 13.8 Å². The van der Waals surface area contributed by atoms with Crippen molar-refractivity contribution in [2.45, 2.75) is 20.0 Å². The minimum absolute atomic E-state index is 0. The average Bonchev–Trinajstić information content (AvgIpc) is 2.67. The van der Waals surface area contributed by atoms with E-state index in [4.69, 9.17) is 9.47 Å². The Kier molecular flexibility index (Phi) is 11.4. The second-order valence-corrected chi connectivity index (χ2v) is 5.77. The third-order valence-corrected chi connectivity index (χ3v) is 3.70. The standard InChI is InChI=1S/C20H25F2N3O2.HI/c1-3-23-20(25-14-16-12-17(21)6-9-19(16)22)24-13-15-4-7-18(8-5-15)27-11-10-26-2;/h4-9,12H,3,10-11,13-14H2,1-2H3,(H2,23,24,25);1H. The quantitative estimate of drug-likeness (QED) is 0.235. The van der Waals surface area contributed by atoms with Gasteiger partial charge in [-0.1, -0.05) is 12.1 Å². The minimum Gasteiger partial charge on any atom is -0.491 e. The fourth-order valence-corrected chi connectivity index (χ4v) is 2.30. The Hall–Kier alpha value is -1.94. The normalized spacial score (nSPS) is 10.9. The third kappa shape index (κ3) is 8.39. The molecular formula is C20H26F2IN3O2. The second-order valence-electron chi connectivity index (χ2n) is 5.77. The summed E-state index contributed by atoms with van der Waals surface area (Å²) in [4.78, 5) is 4.47. The first-order valence-electron chi connectivity index (χ1n) is 8.79.